The van der Waals surface area contributed by atoms with E-state index in [0.717, 1.165) is 16.9 Å². The van der Waals surface area contributed by atoms with Gasteiger partial charge >= 0.3 is 0 Å². The van der Waals surface area contributed by atoms with Crippen LogP contribution in [0.3, 0.4) is 0 Å². The molecule has 0 saturated carbocycles. The van der Waals surface area contributed by atoms with E-state index in [1.807, 2.05) is 32.0 Å². The van der Waals surface area contributed by atoms with E-state index in [-0.39, 0.29) is 0 Å². The SMILES string of the molecule is CCOc1cc(C)cc(C2(CC(Cl)(Cl)Cl)CO2)c1. The first kappa shape index (κ1) is 14.3. The fraction of sp³-hybridized carbons (Fsp3) is 0.538. The molecule has 18 heavy (non-hydrogen) atoms. The van der Waals surface area contributed by atoms with Crippen molar-refractivity contribution in [3.8, 4) is 5.75 Å². The zero-order valence-electron chi connectivity index (χ0n) is 10.3. The van der Waals surface area contributed by atoms with Crippen molar-refractivity contribution in [3.05, 3.63) is 29.3 Å². The molecule has 0 spiro atoms. The van der Waals surface area contributed by atoms with Crippen LogP contribution in [0.4, 0.5) is 0 Å². The number of alkyl halides is 3. The van der Waals surface area contributed by atoms with E-state index in [1.54, 1.807) is 0 Å². The molecular formula is C13H15Cl3O2. The molecule has 1 aromatic rings. The molecule has 1 heterocycles. The van der Waals surface area contributed by atoms with Gasteiger partial charge < -0.3 is 9.47 Å². The number of rotatable bonds is 4. The van der Waals surface area contributed by atoms with Gasteiger partial charge in [-0.25, -0.2) is 0 Å². The minimum absolute atomic E-state index is 0.347. The summed E-state index contributed by atoms with van der Waals surface area (Å²) in [6.45, 7) is 5.17. The van der Waals surface area contributed by atoms with Crippen molar-refractivity contribution in [1.82, 2.24) is 0 Å². The van der Waals surface area contributed by atoms with Crippen LogP contribution in [0, 0.1) is 6.92 Å². The normalized spacial score (nSPS) is 22.9. The van der Waals surface area contributed by atoms with E-state index >= 15 is 0 Å². The summed E-state index contributed by atoms with van der Waals surface area (Å²) in [4.78, 5) is 0. The van der Waals surface area contributed by atoms with Crippen LogP contribution in [0.2, 0.25) is 0 Å². The summed E-state index contributed by atoms with van der Waals surface area (Å²) >= 11 is 17.6. The summed E-state index contributed by atoms with van der Waals surface area (Å²) in [5.74, 6) is 0.826. The molecule has 0 N–H and O–H groups in total. The fourth-order valence-corrected chi connectivity index (χ4v) is 2.69. The summed E-state index contributed by atoms with van der Waals surface area (Å²) in [5, 5.41) is 0. The monoisotopic (exact) mass is 308 g/mol. The number of ether oxygens (including phenoxy) is 2. The van der Waals surface area contributed by atoms with E-state index in [9.17, 15) is 0 Å². The molecule has 0 aliphatic carbocycles. The molecule has 0 bridgehead atoms. The van der Waals surface area contributed by atoms with Crippen LogP contribution < -0.4 is 4.74 Å². The molecule has 0 aromatic heterocycles. The molecule has 0 amide bonds. The van der Waals surface area contributed by atoms with E-state index in [0.29, 0.717) is 19.6 Å². The van der Waals surface area contributed by atoms with Gasteiger partial charge in [0.2, 0.25) is 0 Å². The first-order chi connectivity index (χ1) is 8.35. The maximum absolute atomic E-state index is 5.87. The standard InChI is InChI=1S/C13H15Cl3O2/c1-3-17-11-5-9(2)4-10(6-11)12(8-18-12)7-13(14,15)16/h4-6H,3,7-8H2,1-2H3. The first-order valence-electron chi connectivity index (χ1n) is 5.80. The van der Waals surface area contributed by atoms with Crippen LogP contribution in [-0.4, -0.2) is 17.0 Å². The zero-order valence-corrected chi connectivity index (χ0v) is 12.6. The fourth-order valence-electron chi connectivity index (χ4n) is 2.04. The summed E-state index contributed by atoms with van der Waals surface area (Å²) in [6, 6.07) is 5.99. The van der Waals surface area contributed by atoms with Crippen molar-refractivity contribution in [2.75, 3.05) is 13.2 Å². The zero-order chi connectivity index (χ0) is 13.4. The number of benzene rings is 1. The van der Waals surface area contributed by atoms with E-state index in [2.05, 4.69) is 0 Å². The molecule has 2 nitrogen and oxygen atoms in total. The lowest BCUT2D eigenvalue weighted by atomic mass is 9.95. The van der Waals surface area contributed by atoms with E-state index in [4.69, 9.17) is 44.3 Å². The van der Waals surface area contributed by atoms with Gasteiger partial charge in [0.25, 0.3) is 0 Å². The Labute approximate surface area is 122 Å². The van der Waals surface area contributed by atoms with Gasteiger partial charge in [-0.05, 0) is 37.1 Å². The Balaban J connectivity index is 2.27. The highest BCUT2D eigenvalue weighted by Crippen LogP contribution is 2.50. The van der Waals surface area contributed by atoms with Crippen molar-refractivity contribution < 1.29 is 9.47 Å². The third-order valence-electron chi connectivity index (χ3n) is 2.87. The second-order valence-corrected chi connectivity index (χ2v) is 7.06. The van der Waals surface area contributed by atoms with Gasteiger partial charge in [0.05, 0.1) is 13.2 Å². The summed E-state index contributed by atoms with van der Waals surface area (Å²) in [5.41, 5.74) is 1.65. The lowest BCUT2D eigenvalue weighted by Gasteiger charge is -2.19. The number of halogens is 3. The van der Waals surface area contributed by atoms with Gasteiger partial charge in [-0.15, -0.1) is 0 Å². The minimum Gasteiger partial charge on any atom is -0.494 e. The quantitative estimate of drug-likeness (QED) is 0.608. The second kappa shape index (κ2) is 5.09. The van der Waals surface area contributed by atoms with Crippen LogP contribution >= 0.6 is 34.8 Å². The number of hydrogen-bond acceptors (Lipinski definition) is 2. The minimum atomic E-state index is -1.31. The lowest BCUT2D eigenvalue weighted by molar-refractivity contribution is 0.292. The van der Waals surface area contributed by atoms with Crippen LogP contribution in [0.1, 0.15) is 24.5 Å². The van der Waals surface area contributed by atoms with Crippen LogP contribution in [-0.2, 0) is 10.3 Å². The third-order valence-corrected chi connectivity index (χ3v) is 3.27. The van der Waals surface area contributed by atoms with Crippen molar-refractivity contribution in [2.24, 2.45) is 0 Å². The summed E-state index contributed by atoms with van der Waals surface area (Å²) < 4.78 is 9.75. The largest absolute Gasteiger partial charge is 0.494 e. The molecule has 2 rings (SSSR count). The molecule has 1 unspecified atom stereocenters. The van der Waals surface area contributed by atoms with Crippen molar-refractivity contribution in [2.45, 2.75) is 29.7 Å². The molecule has 1 aliphatic heterocycles. The van der Waals surface area contributed by atoms with Gasteiger partial charge in [0.1, 0.15) is 11.4 Å². The molecule has 1 aliphatic rings. The van der Waals surface area contributed by atoms with Crippen molar-refractivity contribution in [3.63, 3.8) is 0 Å². The predicted molar refractivity (Wildman–Crippen MR) is 74.9 cm³/mol. The smallest absolute Gasteiger partial charge is 0.193 e. The Hall–Kier alpha value is -0.150. The van der Waals surface area contributed by atoms with Crippen molar-refractivity contribution >= 4 is 34.8 Å². The Morgan fingerprint density at radius 1 is 1.33 bits per heavy atom. The van der Waals surface area contributed by atoms with Gasteiger partial charge in [0.15, 0.2) is 3.79 Å². The van der Waals surface area contributed by atoms with Crippen LogP contribution in [0.5, 0.6) is 5.75 Å². The average Bonchev–Trinajstić information content (AvgIpc) is 2.96. The molecular weight excluding hydrogens is 295 g/mol. The maximum atomic E-state index is 5.87. The first-order valence-corrected chi connectivity index (χ1v) is 6.94. The average molecular weight is 310 g/mol. The molecule has 100 valence electrons. The summed E-state index contributed by atoms with van der Waals surface area (Å²) in [7, 11) is 0. The number of aryl methyl sites for hydroxylation is 1. The topological polar surface area (TPSA) is 21.8 Å². The van der Waals surface area contributed by atoms with Gasteiger partial charge in [0, 0.05) is 6.42 Å². The van der Waals surface area contributed by atoms with Crippen LogP contribution in [0.15, 0.2) is 18.2 Å². The highest BCUT2D eigenvalue weighted by atomic mass is 35.6. The Morgan fingerprint density at radius 3 is 2.50 bits per heavy atom. The Kier molecular flexibility index (Phi) is 4.03. The van der Waals surface area contributed by atoms with Gasteiger partial charge in [-0.1, -0.05) is 40.9 Å². The van der Waals surface area contributed by atoms with E-state index in [1.165, 1.54) is 0 Å². The molecule has 1 saturated heterocycles. The van der Waals surface area contributed by atoms with E-state index < -0.39 is 9.39 Å². The lowest BCUT2D eigenvalue weighted by Crippen LogP contribution is -2.18. The highest BCUT2D eigenvalue weighted by molar-refractivity contribution is 6.67. The third kappa shape index (κ3) is 3.45. The summed E-state index contributed by atoms with van der Waals surface area (Å²) in [6.07, 6.45) is 0.347. The molecule has 1 atom stereocenters. The van der Waals surface area contributed by atoms with Crippen molar-refractivity contribution in [1.29, 1.82) is 0 Å². The van der Waals surface area contributed by atoms with Crippen LogP contribution in [0.25, 0.3) is 0 Å². The Morgan fingerprint density at radius 2 is 2.00 bits per heavy atom. The maximum Gasteiger partial charge on any atom is 0.193 e. The Bertz CT molecular complexity index is 436. The van der Waals surface area contributed by atoms with Gasteiger partial charge in [-0.2, -0.15) is 0 Å². The molecule has 1 fully saturated rings. The number of hydrogen-bond donors (Lipinski definition) is 0. The number of epoxide rings is 1. The second-order valence-electron chi connectivity index (χ2n) is 4.54. The predicted octanol–water partition coefficient (Wildman–Crippen LogP) is 4.38. The molecule has 5 heteroatoms. The molecule has 0 radical (unpaired) electrons. The highest BCUT2D eigenvalue weighted by Gasteiger charge is 2.51. The molecule has 1 aromatic carbocycles. The van der Waals surface area contributed by atoms with Gasteiger partial charge in [-0.3, -0.25) is 0 Å².